The molecule has 0 aliphatic heterocycles. The van der Waals surface area contributed by atoms with Crippen LogP contribution >= 0.6 is 0 Å². The van der Waals surface area contributed by atoms with Crippen LogP contribution in [0.5, 0.6) is 5.75 Å². The molecule has 0 aliphatic carbocycles. The molecule has 3 nitrogen and oxygen atoms in total. The maximum atomic E-state index is 8.80. The van der Waals surface area contributed by atoms with Crippen LogP contribution in [0.1, 0.15) is 17.0 Å². The third-order valence-electron chi connectivity index (χ3n) is 2.72. The van der Waals surface area contributed by atoms with Crippen molar-refractivity contribution in [3.05, 3.63) is 65.7 Å². The fourth-order valence-corrected chi connectivity index (χ4v) is 1.68. The van der Waals surface area contributed by atoms with Gasteiger partial charge in [0, 0.05) is 0 Å². The highest BCUT2D eigenvalue weighted by atomic mass is 16.5. The van der Waals surface area contributed by atoms with E-state index in [1.54, 1.807) is 24.3 Å². The van der Waals surface area contributed by atoms with E-state index in [0.717, 1.165) is 11.3 Å². The lowest BCUT2D eigenvalue weighted by Gasteiger charge is -2.07. The van der Waals surface area contributed by atoms with Crippen molar-refractivity contribution < 1.29 is 4.74 Å². The molecule has 2 rings (SSSR count). The first kappa shape index (κ1) is 12.7. The Morgan fingerprint density at radius 3 is 2.11 bits per heavy atom. The minimum Gasteiger partial charge on any atom is -0.489 e. The van der Waals surface area contributed by atoms with Crippen molar-refractivity contribution in [1.29, 1.82) is 10.5 Å². The summed E-state index contributed by atoms with van der Waals surface area (Å²) in [5.74, 6) is 0.00501. The molecular weight excluding hydrogens is 236 g/mol. The van der Waals surface area contributed by atoms with E-state index in [-0.39, 0.29) is 0 Å². The predicted octanol–water partition coefficient (Wildman–Crippen LogP) is 3.40. The summed E-state index contributed by atoms with van der Waals surface area (Å²) in [5.41, 5.74) is 1.79. The van der Waals surface area contributed by atoms with Gasteiger partial charge in [-0.2, -0.15) is 10.5 Å². The highest BCUT2D eigenvalue weighted by molar-refractivity contribution is 5.35. The summed E-state index contributed by atoms with van der Waals surface area (Å²) in [7, 11) is 0. The number of ether oxygens (including phenoxy) is 1. The minimum absolute atomic E-state index is 0.500. The molecule has 0 fully saturated rings. The van der Waals surface area contributed by atoms with Crippen molar-refractivity contribution in [3.63, 3.8) is 0 Å². The Morgan fingerprint density at radius 1 is 0.895 bits per heavy atom. The summed E-state index contributed by atoms with van der Waals surface area (Å²) in [5, 5.41) is 17.6. The van der Waals surface area contributed by atoms with Crippen LogP contribution < -0.4 is 4.74 Å². The second-order valence-corrected chi connectivity index (χ2v) is 4.03. The molecule has 0 heterocycles. The van der Waals surface area contributed by atoms with Crippen molar-refractivity contribution in [2.24, 2.45) is 0 Å². The number of hydrogen-bond donors (Lipinski definition) is 0. The van der Waals surface area contributed by atoms with Crippen molar-refractivity contribution in [2.75, 3.05) is 0 Å². The van der Waals surface area contributed by atoms with Gasteiger partial charge >= 0.3 is 0 Å². The summed E-state index contributed by atoms with van der Waals surface area (Å²) < 4.78 is 5.63. The van der Waals surface area contributed by atoms with Crippen LogP contribution in [0, 0.1) is 22.7 Å². The standard InChI is InChI=1S/C16H12N2O/c17-10-15(11-18)14-6-8-16(9-7-14)19-12-13-4-2-1-3-5-13/h1-9,15H,12H2. The summed E-state index contributed by atoms with van der Waals surface area (Å²) in [6, 6.07) is 20.8. The van der Waals surface area contributed by atoms with Crippen molar-refractivity contribution in [3.8, 4) is 17.9 Å². The number of nitriles is 2. The summed E-state index contributed by atoms with van der Waals surface area (Å²) in [6.07, 6.45) is 0. The van der Waals surface area contributed by atoms with Gasteiger partial charge in [-0.1, -0.05) is 42.5 Å². The Labute approximate surface area is 112 Å². The first-order valence-electron chi connectivity index (χ1n) is 5.89. The lowest BCUT2D eigenvalue weighted by atomic mass is 10.0. The lowest BCUT2D eigenvalue weighted by Crippen LogP contribution is -1.96. The van der Waals surface area contributed by atoms with Gasteiger partial charge in [0.05, 0.1) is 12.1 Å². The van der Waals surface area contributed by atoms with Gasteiger partial charge in [0.15, 0.2) is 5.92 Å². The fraction of sp³-hybridized carbons (Fsp3) is 0.125. The predicted molar refractivity (Wildman–Crippen MR) is 71.2 cm³/mol. The average Bonchev–Trinajstić information content (AvgIpc) is 2.49. The fourth-order valence-electron chi connectivity index (χ4n) is 1.68. The lowest BCUT2D eigenvalue weighted by molar-refractivity contribution is 0.306. The number of hydrogen-bond acceptors (Lipinski definition) is 3. The first-order chi connectivity index (χ1) is 9.33. The van der Waals surface area contributed by atoms with E-state index < -0.39 is 5.92 Å². The average molecular weight is 248 g/mol. The molecule has 3 heteroatoms. The molecule has 0 N–H and O–H groups in total. The molecule has 2 aromatic rings. The Hall–Kier alpha value is -2.78. The van der Waals surface area contributed by atoms with Gasteiger partial charge in [-0.25, -0.2) is 0 Å². The third kappa shape index (κ3) is 3.34. The highest BCUT2D eigenvalue weighted by Crippen LogP contribution is 2.19. The van der Waals surface area contributed by atoms with Crippen LogP contribution in [0.3, 0.4) is 0 Å². The monoisotopic (exact) mass is 248 g/mol. The number of benzene rings is 2. The molecule has 0 radical (unpaired) electrons. The van der Waals surface area contributed by atoms with E-state index in [0.29, 0.717) is 12.2 Å². The Kier molecular flexibility index (Phi) is 4.16. The molecule has 0 unspecified atom stereocenters. The zero-order valence-electron chi connectivity index (χ0n) is 10.3. The van der Waals surface area contributed by atoms with Gasteiger partial charge < -0.3 is 4.74 Å². The van der Waals surface area contributed by atoms with Gasteiger partial charge in [-0.15, -0.1) is 0 Å². The van der Waals surface area contributed by atoms with Crippen molar-refractivity contribution >= 4 is 0 Å². The Balaban J connectivity index is 2.00. The SMILES string of the molecule is N#CC(C#N)c1ccc(OCc2ccccc2)cc1. The molecule has 0 spiro atoms. The molecule has 0 saturated heterocycles. The van der Waals surface area contributed by atoms with Crippen LogP contribution in [0.2, 0.25) is 0 Å². The van der Waals surface area contributed by atoms with Gasteiger partial charge in [-0.3, -0.25) is 0 Å². The molecule has 0 saturated carbocycles. The van der Waals surface area contributed by atoms with Crippen LogP contribution in [-0.4, -0.2) is 0 Å². The Morgan fingerprint density at radius 2 is 1.53 bits per heavy atom. The van der Waals surface area contributed by atoms with E-state index >= 15 is 0 Å². The molecular formula is C16H12N2O. The zero-order valence-corrected chi connectivity index (χ0v) is 10.3. The molecule has 0 atom stereocenters. The first-order valence-corrected chi connectivity index (χ1v) is 5.89. The van der Waals surface area contributed by atoms with E-state index in [9.17, 15) is 0 Å². The van der Waals surface area contributed by atoms with E-state index in [1.165, 1.54) is 0 Å². The number of nitrogens with zero attached hydrogens (tertiary/aromatic N) is 2. The van der Waals surface area contributed by atoms with Gasteiger partial charge in [0.25, 0.3) is 0 Å². The summed E-state index contributed by atoms with van der Waals surface area (Å²) in [6.45, 7) is 0.500. The van der Waals surface area contributed by atoms with E-state index in [1.807, 2.05) is 42.5 Å². The largest absolute Gasteiger partial charge is 0.489 e. The van der Waals surface area contributed by atoms with Gasteiger partial charge in [0.1, 0.15) is 12.4 Å². The topological polar surface area (TPSA) is 56.8 Å². The maximum Gasteiger partial charge on any atom is 0.158 e. The van der Waals surface area contributed by atoms with Crippen molar-refractivity contribution in [2.45, 2.75) is 12.5 Å². The van der Waals surface area contributed by atoms with Gasteiger partial charge in [-0.05, 0) is 23.3 Å². The molecule has 19 heavy (non-hydrogen) atoms. The zero-order chi connectivity index (χ0) is 13.5. The second kappa shape index (κ2) is 6.23. The van der Waals surface area contributed by atoms with Gasteiger partial charge in [0.2, 0.25) is 0 Å². The maximum absolute atomic E-state index is 8.80. The van der Waals surface area contributed by atoms with Crippen molar-refractivity contribution in [1.82, 2.24) is 0 Å². The molecule has 92 valence electrons. The molecule has 2 aromatic carbocycles. The molecule has 0 aliphatic rings. The summed E-state index contributed by atoms with van der Waals surface area (Å²) in [4.78, 5) is 0. The second-order valence-electron chi connectivity index (χ2n) is 4.03. The Bertz CT molecular complexity index is 592. The third-order valence-corrected chi connectivity index (χ3v) is 2.72. The van der Waals surface area contributed by atoms with Crippen LogP contribution in [0.4, 0.5) is 0 Å². The van der Waals surface area contributed by atoms with Crippen LogP contribution in [0.25, 0.3) is 0 Å². The summed E-state index contributed by atoms with van der Waals surface area (Å²) >= 11 is 0. The normalized spacial score (nSPS) is 9.63. The minimum atomic E-state index is -0.719. The van der Waals surface area contributed by atoms with E-state index in [2.05, 4.69) is 0 Å². The number of rotatable bonds is 4. The van der Waals surface area contributed by atoms with Crippen LogP contribution in [0.15, 0.2) is 54.6 Å². The highest BCUT2D eigenvalue weighted by Gasteiger charge is 2.08. The van der Waals surface area contributed by atoms with E-state index in [4.69, 9.17) is 15.3 Å². The molecule has 0 amide bonds. The van der Waals surface area contributed by atoms with Crippen LogP contribution in [-0.2, 0) is 6.61 Å². The smallest absolute Gasteiger partial charge is 0.158 e. The quantitative estimate of drug-likeness (QED) is 0.833. The molecule has 0 aromatic heterocycles. The molecule has 0 bridgehead atoms.